The molecular weight excluding hydrogens is 282 g/mol. The molecule has 1 heterocycles. The van der Waals surface area contributed by atoms with Crippen LogP contribution in [0.25, 0.3) is 0 Å². The highest BCUT2D eigenvalue weighted by molar-refractivity contribution is 9.10. The maximum atomic E-state index is 11.9. The summed E-state index contributed by atoms with van der Waals surface area (Å²) in [5, 5.41) is 0. The van der Waals surface area contributed by atoms with Gasteiger partial charge in [0.05, 0.1) is 7.11 Å². The van der Waals surface area contributed by atoms with E-state index in [0.717, 1.165) is 15.9 Å². The number of halogens is 1. The fourth-order valence-electron chi connectivity index (χ4n) is 1.96. The van der Waals surface area contributed by atoms with Crippen LogP contribution >= 0.6 is 15.9 Å². The Bertz CT molecular complexity index is 459. The summed E-state index contributed by atoms with van der Waals surface area (Å²) in [6, 6.07) is 5.66. The second-order valence-electron chi connectivity index (χ2n) is 4.05. The molecule has 3 nitrogen and oxygen atoms in total. The van der Waals surface area contributed by atoms with Crippen molar-refractivity contribution >= 4 is 27.5 Å². The van der Waals surface area contributed by atoms with Crippen LogP contribution in [0.3, 0.4) is 0 Å². The summed E-state index contributed by atoms with van der Waals surface area (Å²) in [4.78, 5) is 13.7. The van der Waals surface area contributed by atoms with Crippen molar-refractivity contribution in [3.05, 3.63) is 35.3 Å². The SMILES string of the molecule is C=CC1CC(=O)N(c2cc(Br)cc(OC)c2)C1. The van der Waals surface area contributed by atoms with Crippen molar-refractivity contribution in [2.45, 2.75) is 6.42 Å². The molecule has 1 aliphatic rings. The van der Waals surface area contributed by atoms with Crippen molar-refractivity contribution in [2.75, 3.05) is 18.6 Å². The Balaban J connectivity index is 2.31. The summed E-state index contributed by atoms with van der Waals surface area (Å²) in [6.45, 7) is 4.44. The van der Waals surface area contributed by atoms with Gasteiger partial charge in [0, 0.05) is 35.1 Å². The first-order valence-corrected chi connectivity index (χ1v) is 6.21. The first-order valence-electron chi connectivity index (χ1n) is 5.41. The van der Waals surface area contributed by atoms with Gasteiger partial charge in [0.1, 0.15) is 5.75 Å². The molecule has 90 valence electrons. The first kappa shape index (κ1) is 12.2. The molecular formula is C13H14BrNO2. The Morgan fingerprint density at radius 1 is 1.53 bits per heavy atom. The molecule has 1 aromatic carbocycles. The molecule has 1 saturated heterocycles. The van der Waals surface area contributed by atoms with Gasteiger partial charge in [0.15, 0.2) is 0 Å². The van der Waals surface area contributed by atoms with Gasteiger partial charge < -0.3 is 9.64 Å². The number of benzene rings is 1. The molecule has 2 rings (SSSR count). The zero-order valence-electron chi connectivity index (χ0n) is 9.65. The molecule has 0 spiro atoms. The van der Waals surface area contributed by atoms with Crippen LogP contribution in [0.1, 0.15) is 6.42 Å². The van der Waals surface area contributed by atoms with Crippen LogP contribution < -0.4 is 9.64 Å². The maximum Gasteiger partial charge on any atom is 0.227 e. The number of hydrogen-bond acceptors (Lipinski definition) is 2. The quantitative estimate of drug-likeness (QED) is 0.803. The Morgan fingerprint density at radius 3 is 2.88 bits per heavy atom. The smallest absolute Gasteiger partial charge is 0.227 e. The van der Waals surface area contributed by atoms with E-state index in [-0.39, 0.29) is 11.8 Å². The van der Waals surface area contributed by atoms with Crippen LogP contribution in [0, 0.1) is 5.92 Å². The van der Waals surface area contributed by atoms with Crippen LogP contribution in [0.15, 0.2) is 35.3 Å². The molecule has 0 bridgehead atoms. The summed E-state index contributed by atoms with van der Waals surface area (Å²) >= 11 is 3.41. The molecule has 0 radical (unpaired) electrons. The molecule has 4 heteroatoms. The molecule has 0 saturated carbocycles. The molecule has 1 fully saturated rings. The van der Waals surface area contributed by atoms with Gasteiger partial charge in [-0.25, -0.2) is 0 Å². The number of carbonyl (C=O) groups is 1. The molecule has 1 atom stereocenters. The van der Waals surface area contributed by atoms with E-state index in [2.05, 4.69) is 22.5 Å². The van der Waals surface area contributed by atoms with Crippen molar-refractivity contribution in [1.29, 1.82) is 0 Å². The van der Waals surface area contributed by atoms with E-state index in [0.29, 0.717) is 13.0 Å². The van der Waals surface area contributed by atoms with Crippen molar-refractivity contribution in [1.82, 2.24) is 0 Å². The highest BCUT2D eigenvalue weighted by Gasteiger charge is 2.28. The summed E-state index contributed by atoms with van der Waals surface area (Å²) < 4.78 is 6.10. The number of hydrogen-bond donors (Lipinski definition) is 0. The van der Waals surface area contributed by atoms with Crippen molar-refractivity contribution in [3.8, 4) is 5.75 Å². The van der Waals surface area contributed by atoms with Gasteiger partial charge in [-0.15, -0.1) is 6.58 Å². The zero-order valence-corrected chi connectivity index (χ0v) is 11.2. The third-order valence-corrected chi connectivity index (χ3v) is 3.35. The highest BCUT2D eigenvalue weighted by atomic mass is 79.9. The third-order valence-electron chi connectivity index (χ3n) is 2.89. The fraction of sp³-hybridized carbons (Fsp3) is 0.308. The number of amides is 1. The lowest BCUT2D eigenvalue weighted by atomic mass is 10.1. The Morgan fingerprint density at radius 2 is 2.29 bits per heavy atom. The van der Waals surface area contributed by atoms with E-state index in [1.54, 1.807) is 12.0 Å². The number of ether oxygens (including phenoxy) is 1. The van der Waals surface area contributed by atoms with Gasteiger partial charge in [0.2, 0.25) is 5.91 Å². The molecule has 1 aromatic rings. The predicted octanol–water partition coefficient (Wildman–Crippen LogP) is 3.00. The lowest BCUT2D eigenvalue weighted by Gasteiger charge is -2.17. The maximum absolute atomic E-state index is 11.9. The van der Waals surface area contributed by atoms with Crippen LogP contribution in [-0.2, 0) is 4.79 Å². The van der Waals surface area contributed by atoms with E-state index in [1.165, 1.54) is 0 Å². The molecule has 0 aromatic heterocycles. The average Bonchev–Trinajstić information content (AvgIpc) is 2.69. The average molecular weight is 296 g/mol. The van der Waals surface area contributed by atoms with Gasteiger partial charge in [-0.3, -0.25) is 4.79 Å². The number of nitrogens with zero attached hydrogens (tertiary/aromatic N) is 1. The number of anilines is 1. The van der Waals surface area contributed by atoms with Crippen molar-refractivity contribution < 1.29 is 9.53 Å². The monoisotopic (exact) mass is 295 g/mol. The number of rotatable bonds is 3. The molecule has 1 unspecified atom stereocenters. The van der Waals surface area contributed by atoms with Crippen LogP contribution in [0.5, 0.6) is 5.75 Å². The summed E-state index contributed by atoms with van der Waals surface area (Å²) in [5.74, 6) is 1.12. The lowest BCUT2D eigenvalue weighted by Crippen LogP contribution is -2.24. The predicted molar refractivity (Wildman–Crippen MR) is 71.4 cm³/mol. The zero-order chi connectivity index (χ0) is 12.4. The normalized spacial score (nSPS) is 19.5. The summed E-state index contributed by atoms with van der Waals surface area (Å²) in [5.41, 5.74) is 0.866. The van der Waals surface area contributed by atoms with Gasteiger partial charge in [0.25, 0.3) is 0 Å². The standard InChI is InChI=1S/C13H14BrNO2/c1-3-9-4-13(16)15(8-9)11-5-10(14)6-12(7-11)17-2/h3,5-7,9H,1,4,8H2,2H3. The largest absolute Gasteiger partial charge is 0.497 e. The molecule has 1 aliphatic heterocycles. The molecule has 0 N–H and O–H groups in total. The van der Waals surface area contributed by atoms with Crippen LogP contribution in [-0.4, -0.2) is 19.6 Å². The van der Waals surface area contributed by atoms with Crippen molar-refractivity contribution in [3.63, 3.8) is 0 Å². The Kier molecular flexibility index (Phi) is 3.52. The number of carbonyl (C=O) groups excluding carboxylic acids is 1. The van der Waals surface area contributed by atoms with E-state index < -0.39 is 0 Å². The van der Waals surface area contributed by atoms with Gasteiger partial charge in [-0.05, 0) is 12.1 Å². The van der Waals surface area contributed by atoms with Gasteiger partial charge >= 0.3 is 0 Å². The first-order chi connectivity index (χ1) is 8.13. The fourth-order valence-corrected chi connectivity index (χ4v) is 2.42. The highest BCUT2D eigenvalue weighted by Crippen LogP contribution is 2.31. The molecule has 0 aliphatic carbocycles. The third kappa shape index (κ3) is 2.52. The van der Waals surface area contributed by atoms with Crippen LogP contribution in [0.4, 0.5) is 5.69 Å². The molecule has 1 amide bonds. The second-order valence-corrected chi connectivity index (χ2v) is 4.97. The van der Waals surface area contributed by atoms with Crippen molar-refractivity contribution in [2.24, 2.45) is 5.92 Å². The van der Waals surface area contributed by atoms with E-state index >= 15 is 0 Å². The Hall–Kier alpha value is -1.29. The van der Waals surface area contributed by atoms with Crippen LogP contribution in [0.2, 0.25) is 0 Å². The lowest BCUT2D eigenvalue weighted by molar-refractivity contribution is -0.117. The van der Waals surface area contributed by atoms with E-state index in [4.69, 9.17) is 4.74 Å². The summed E-state index contributed by atoms with van der Waals surface area (Å²) in [7, 11) is 1.61. The van der Waals surface area contributed by atoms with Gasteiger partial charge in [-0.1, -0.05) is 22.0 Å². The number of methoxy groups -OCH3 is 1. The second kappa shape index (κ2) is 4.92. The minimum absolute atomic E-state index is 0.134. The topological polar surface area (TPSA) is 29.5 Å². The molecule has 17 heavy (non-hydrogen) atoms. The van der Waals surface area contributed by atoms with E-state index in [1.807, 2.05) is 24.3 Å². The van der Waals surface area contributed by atoms with E-state index in [9.17, 15) is 4.79 Å². The van der Waals surface area contributed by atoms with Gasteiger partial charge in [-0.2, -0.15) is 0 Å². The summed E-state index contributed by atoms with van der Waals surface area (Å²) in [6.07, 6.45) is 2.38. The minimum Gasteiger partial charge on any atom is -0.497 e. The minimum atomic E-state index is 0.134. The Labute approximate surface area is 109 Å².